The van der Waals surface area contributed by atoms with Crippen molar-refractivity contribution < 1.29 is 39.9 Å². The van der Waals surface area contributed by atoms with Gasteiger partial charge in [0.1, 0.15) is 6.17 Å². The third-order valence-corrected chi connectivity index (χ3v) is 5.96. The van der Waals surface area contributed by atoms with Crippen molar-refractivity contribution >= 4 is 10.8 Å². The highest BCUT2D eigenvalue weighted by Gasteiger charge is 2.38. The first kappa shape index (κ1) is 29.6. The van der Waals surface area contributed by atoms with Crippen LogP contribution < -0.4 is 15.9 Å². The van der Waals surface area contributed by atoms with Gasteiger partial charge in [0.25, 0.3) is 17.0 Å². The van der Waals surface area contributed by atoms with E-state index in [1.54, 1.807) is 5.10 Å². The molecule has 0 aliphatic carbocycles. The Morgan fingerprint density at radius 3 is 2.32 bits per heavy atom. The first-order valence-electron chi connectivity index (χ1n) is 11.8. The number of fused-ring (bicyclic) bond motifs is 1. The summed E-state index contributed by atoms with van der Waals surface area (Å²) < 4.78 is 117. The second-order valence-corrected chi connectivity index (χ2v) is 9.17. The van der Waals surface area contributed by atoms with Crippen molar-refractivity contribution in [3.05, 3.63) is 80.4 Å². The Balaban J connectivity index is 1.56. The van der Waals surface area contributed by atoms with E-state index >= 15 is 4.39 Å². The fourth-order valence-electron chi connectivity index (χ4n) is 4.03. The number of halogens is 8. The zero-order chi connectivity index (χ0) is 30.3. The van der Waals surface area contributed by atoms with Gasteiger partial charge in [0.2, 0.25) is 0 Å². The molecule has 2 atom stereocenters. The Morgan fingerprint density at radius 1 is 1.05 bits per heavy atom. The zero-order valence-electron chi connectivity index (χ0n) is 21.1. The summed E-state index contributed by atoms with van der Waals surface area (Å²) in [4.78, 5) is 31.8. The highest BCUT2D eigenvalue weighted by molar-refractivity contribution is 5.86. The number of pyridine rings is 1. The molecule has 0 saturated carbocycles. The SMILES string of the molecule is C[C@H](C[C@H](F)Cn1ccc2cc(-c3ncc(C(C)(F)F)cn3)c(F)c(F)c2c1=O)Oc1cn[nH]c(=O)c1C(F)(F)F. The van der Waals surface area contributed by atoms with Gasteiger partial charge in [-0.3, -0.25) is 9.59 Å². The molecule has 0 radical (unpaired) electrons. The standard InChI is InChI=1S/C25H19F8N5O3/c1-11(41-16-9-36-37-22(39)18(16)25(31,32)33)5-14(26)10-38-4-3-12-6-15(19(27)20(28)17(12)23(38)40)21-34-7-13(8-35-21)24(2,29)30/h3-4,6-9,11,14H,5,10H2,1-2H3,(H,37,39)/t11-,14+/m1/s1. The predicted molar refractivity (Wildman–Crippen MR) is 128 cm³/mol. The van der Waals surface area contributed by atoms with Crippen LogP contribution in [-0.2, 0) is 18.6 Å². The summed E-state index contributed by atoms with van der Waals surface area (Å²) in [6.07, 6.45) is -5.53. The van der Waals surface area contributed by atoms with Crippen LogP contribution in [0.4, 0.5) is 35.1 Å². The van der Waals surface area contributed by atoms with Gasteiger partial charge in [-0.1, -0.05) is 0 Å². The number of alkyl halides is 6. The number of nitrogens with one attached hydrogen (secondary N) is 1. The molecule has 218 valence electrons. The van der Waals surface area contributed by atoms with E-state index in [0.29, 0.717) is 13.1 Å². The van der Waals surface area contributed by atoms with E-state index in [-0.39, 0.29) is 5.39 Å². The fraction of sp³-hybridized carbons (Fsp3) is 0.320. The van der Waals surface area contributed by atoms with Crippen molar-refractivity contribution in [1.82, 2.24) is 24.7 Å². The van der Waals surface area contributed by atoms with Crippen LogP contribution in [0.1, 0.15) is 31.4 Å². The Bertz CT molecular complexity index is 1700. The molecular weight excluding hydrogens is 570 g/mol. The summed E-state index contributed by atoms with van der Waals surface area (Å²) in [7, 11) is 0. The van der Waals surface area contributed by atoms with E-state index in [1.807, 2.05) is 0 Å². The Labute approximate surface area is 224 Å². The zero-order valence-corrected chi connectivity index (χ0v) is 21.1. The van der Waals surface area contributed by atoms with Gasteiger partial charge in [-0.05, 0) is 24.4 Å². The number of benzene rings is 1. The number of rotatable bonds is 8. The van der Waals surface area contributed by atoms with Crippen molar-refractivity contribution in [2.45, 2.75) is 51.2 Å². The van der Waals surface area contributed by atoms with Gasteiger partial charge in [0.05, 0.1) is 35.4 Å². The van der Waals surface area contributed by atoms with Gasteiger partial charge in [-0.25, -0.2) is 37.0 Å². The quantitative estimate of drug-likeness (QED) is 0.286. The Hall–Kier alpha value is -4.37. The van der Waals surface area contributed by atoms with Crippen LogP contribution in [0, 0.1) is 11.6 Å². The fourth-order valence-corrected chi connectivity index (χ4v) is 4.03. The van der Waals surface area contributed by atoms with Crippen molar-refractivity contribution in [2.75, 3.05) is 0 Å². The maximum Gasteiger partial charge on any atom is 0.425 e. The van der Waals surface area contributed by atoms with Gasteiger partial charge in [0, 0.05) is 31.9 Å². The number of hydrogen-bond acceptors (Lipinski definition) is 6. The molecular formula is C25H19F8N5O3. The minimum absolute atomic E-state index is 0.109. The molecule has 41 heavy (non-hydrogen) atoms. The molecule has 4 aromatic rings. The minimum Gasteiger partial charge on any atom is -0.488 e. The summed E-state index contributed by atoms with van der Waals surface area (Å²) in [6, 6.07) is 2.22. The summed E-state index contributed by atoms with van der Waals surface area (Å²) in [5, 5.41) is 4.04. The van der Waals surface area contributed by atoms with Crippen LogP contribution in [0.5, 0.6) is 5.75 Å². The summed E-state index contributed by atoms with van der Waals surface area (Å²) in [5.74, 6) is -7.73. The lowest BCUT2D eigenvalue weighted by atomic mass is 10.1. The summed E-state index contributed by atoms with van der Waals surface area (Å²) >= 11 is 0. The third-order valence-electron chi connectivity index (χ3n) is 5.96. The van der Waals surface area contributed by atoms with E-state index in [1.165, 1.54) is 13.0 Å². The van der Waals surface area contributed by atoms with Gasteiger partial charge in [0.15, 0.2) is 28.8 Å². The topological polar surface area (TPSA) is 103 Å². The average Bonchev–Trinajstić information content (AvgIpc) is 2.86. The number of ether oxygens (including phenoxy) is 1. The molecule has 0 bridgehead atoms. The second-order valence-electron chi connectivity index (χ2n) is 9.17. The van der Waals surface area contributed by atoms with E-state index in [4.69, 9.17) is 4.74 Å². The van der Waals surface area contributed by atoms with Gasteiger partial charge < -0.3 is 9.30 Å². The average molecular weight is 589 g/mol. The van der Waals surface area contributed by atoms with E-state index < -0.39 is 93.7 Å². The lowest BCUT2D eigenvalue weighted by molar-refractivity contribution is -0.140. The number of hydrogen-bond donors (Lipinski definition) is 1. The maximum atomic E-state index is 15.0. The van der Waals surface area contributed by atoms with Crippen molar-refractivity contribution in [2.24, 2.45) is 0 Å². The molecule has 0 amide bonds. The van der Waals surface area contributed by atoms with E-state index in [2.05, 4.69) is 15.1 Å². The van der Waals surface area contributed by atoms with Crippen LogP contribution in [0.2, 0.25) is 0 Å². The van der Waals surface area contributed by atoms with Crippen LogP contribution in [0.25, 0.3) is 22.2 Å². The second kappa shape index (κ2) is 10.9. The molecule has 0 aliphatic rings. The van der Waals surface area contributed by atoms with Gasteiger partial charge in [-0.2, -0.15) is 18.3 Å². The molecule has 0 saturated heterocycles. The molecule has 1 N–H and O–H groups in total. The molecule has 1 aromatic carbocycles. The third kappa shape index (κ3) is 6.20. The van der Waals surface area contributed by atoms with Crippen LogP contribution in [0.15, 0.2) is 46.5 Å². The van der Waals surface area contributed by atoms with Gasteiger partial charge in [-0.15, -0.1) is 0 Å². The van der Waals surface area contributed by atoms with Crippen LogP contribution >= 0.6 is 0 Å². The predicted octanol–water partition coefficient (Wildman–Crippen LogP) is 5.15. The number of aromatic nitrogens is 5. The lowest BCUT2D eigenvalue weighted by Gasteiger charge is -2.19. The van der Waals surface area contributed by atoms with E-state index in [9.17, 15) is 40.3 Å². The summed E-state index contributed by atoms with van der Waals surface area (Å²) in [6.45, 7) is 1.14. The minimum atomic E-state index is -5.07. The summed E-state index contributed by atoms with van der Waals surface area (Å²) in [5.41, 5.74) is -5.37. The molecule has 3 aromatic heterocycles. The van der Waals surface area contributed by atoms with E-state index in [0.717, 1.165) is 29.2 Å². The maximum absolute atomic E-state index is 15.0. The highest BCUT2D eigenvalue weighted by Crippen LogP contribution is 2.34. The van der Waals surface area contributed by atoms with Crippen LogP contribution in [0.3, 0.4) is 0 Å². The largest absolute Gasteiger partial charge is 0.488 e. The first-order chi connectivity index (χ1) is 19.1. The number of aromatic amines is 1. The van der Waals surface area contributed by atoms with Crippen molar-refractivity contribution in [3.8, 4) is 17.1 Å². The number of H-pyrrole nitrogens is 1. The first-order valence-corrected chi connectivity index (χ1v) is 11.8. The van der Waals surface area contributed by atoms with Gasteiger partial charge >= 0.3 is 6.18 Å². The molecule has 16 heteroatoms. The molecule has 8 nitrogen and oxygen atoms in total. The smallest absolute Gasteiger partial charge is 0.425 e. The Morgan fingerprint density at radius 2 is 1.71 bits per heavy atom. The lowest BCUT2D eigenvalue weighted by Crippen LogP contribution is -2.29. The molecule has 0 spiro atoms. The monoisotopic (exact) mass is 589 g/mol. The molecule has 0 aliphatic heterocycles. The van der Waals surface area contributed by atoms with Crippen LogP contribution in [-0.4, -0.2) is 37.0 Å². The van der Waals surface area contributed by atoms with Crippen molar-refractivity contribution in [3.63, 3.8) is 0 Å². The number of nitrogens with zero attached hydrogens (tertiary/aromatic N) is 4. The normalized spacial score (nSPS) is 13.8. The Kier molecular flexibility index (Phi) is 7.87. The highest BCUT2D eigenvalue weighted by atomic mass is 19.4. The van der Waals surface area contributed by atoms with Crippen molar-refractivity contribution in [1.29, 1.82) is 0 Å². The molecule has 0 fully saturated rings. The molecule has 4 rings (SSSR count). The molecule has 3 heterocycles. The molecule has 0 unspecified atom stereocenters.